The summed E-state index contributed by atoms with van der Waals surface area (Å²) in [7, 11) is 0. The van der Waals surface area contributed by atoms with Crippen molar-refractivity contribution in [2.45, 2.75) is 12.5 Å². The third-order valence-corrected chi connectivity index (χ3v) is 4.70. The minimum Gasteiger partial charge on any atom is -0.507 e. The Morgan fingerprint density at radius 3 is 2.33 bits per heavy atom. The predicted molar refractivity (Wildman–Crippen MR) is 101 cm³/mol. The molecule has 1 aliphatic rings. The van der Waals surface area contributed by atoms with Crippen LogP contribution in [0.2, 0.25) is 5.02 Å². The summed E-state index contributed by atoms with van der Waals surface area (Å²) in [5, 5.41) is 11.2. The molecule has 3 N–H and O–H groups in total. The Kier molecular flexibility index (Phi) is 5.58. The van der Waals surface area contributed by atoms with Crippen molar-refractivity contribution >= 4 is 29.1 Å². The molecular formula is C20H18ClFN2O3. The van der Waals surface area contributed by atoms with E-state index in [-0.39, 0.29) is 17.9 Å². The molecule has 1 amide bonds. The highest BCUT2D eigenvalue weighted by Gasteiger charge is 2.45. The monoisotopic (exact) mass is 388 g/mol. The van der Waals surface area contributed by atoms with Gasteiger partial charge in [-0.25, -0.2) is 4.39 Å². The number of benzene rings is 2. The van der Waals surface area contributed by atoms with Gasteiger partial charge in [-0.3, -0.25) is 9.59 Å². The number of rotatable bonds is 5. The number of aliphatic hydroxyl groups excluding tert-OH is 1. The molecule has 1 aliphatic heterocycles. The van der Waals surface area contributed by atoms with Crippen LogP contribution in [-0.4, -0.2) is 34.8 Å². The Bertz CT molecular complexity index is 894. The van der Waals surface area contributed by atoms with Crippen LogP contribution in [-0.2, 0) is 9.59 Å². The molecule has 140 valence electrons. The quantitative estimate of drug-likeness (QED) is 0.468. The maximum atomic E-state index is 13.3. The number of aliphatic hydroxyl groups is 1. The highest BCUT2D eigenvalue weighted by molar-refractivity contribution is 6.46. The second-order valence-corrected chi connectivity index (χ2v) is 6.63. The van der Waals surface area contributed by atoms with Crippen molar-refractivity contribution in [2.24, 2.45) is 5.73 Å². The number of likely N-dealkylation sites (tertiary alicyclic amines) is 1. The average Bonchev–Trinajstić information content (AvgIpc) is 2.91. The van der Waals surface area contributed by atoms with Crippen LogP contribution < -0.4 is 5.73 Å². The molecule has 0 bridgehead atoms. The zero-order valence-corrected chi connectivity index (χ0v) is 15.1. The minimum atomic E-state index is -0.812. The first-order valence-corrected chi connectivity index (χ1v) is 8.81. The van der Waals surface area contributed by atoms with Gasteiger partial charge in [-0.1, -0.05) is 23.7 Å². The molecule has 0 spiro atoms. The van der Waals surface area contributed by atoms with Crippen LogP contribution in [0.25, 0.3) is 5.76 Å². The van der Waals surface area contributed by atoms with Gasteiger partial charge < -0.3 is 15.7 Å². The molecular weight excluding hydrogens is 371 g/mol. The molecule has 1 fully saturated rings. The number of nitrogens with zero attached hydrogens (tertiary/aromatic N) is 1. The van der Waals surface area contributed by atoms with Gasteiger partial charge in [0.1, 0.15) is 11.6 Å². The van der Waals surface area contributed by atoms with Crippen molar-refractivity contribution in [2.75, 3.05) is 13.1 Å². The van der Waals surface area contributed by atoms with Crippen molar-refractivity contribution in [3.63, 3.8) is 0 Å². The van der Waals surface area contributed by atoms with Crippen LogP contribution in [0.15, 0.2) is 54.1 Å². The van der Waals surface area contributed by atoms with Gasteiger partial charge in [-0.05, 0) is 54.9 Å². The number of halogens is 2. The van der Waals surface area contributed by atoms with Crippen molar-refractivity contribution in [1.82, 2.24) is 4.90 Å². The van der Waals surface area contributed by atoms with Gasteiger partial charge in [0.25, 0.3) is 11.7 Å². The maximum absolute atomic E-state index is 13.3. The SMILES string of the molecule is NCCCN1C(=O)C(=O)C(=C(O)c2ccc(Cl)cc2)C1c1ccc(F)cc1. The lowest BCUT2D eigenvalue weighted by atomic mass is 9.95. The normalized spacial score (nSPS) is 18.9. The Hall–Kier alpha value is -2.70. The number of carbonyl (C=O) groups excluding carboxylic acids is 2. The molecule has 1 heterocycles. The average molecular weight is 389 g/mol. The van der Waals surface area contributed by atoms with E-state index in [9.17, 15) is 19.1 Å². The molecule has 27 heavy (non-hydrogen) atoms. The number of hydrogen-bond acceptors (Lipinski definition) is 4. The summed E-state index contributed by atoms with van der Waals surface area (Å²) in [4.78, 5) is 26.6. The summed E-state index contributed by atoms with van der Waals surface area (Å²) >= 11 is 5.87. The molecule has 2 aromatic rings. The van der Waals surface area contributed by atoms with E-state index in [1.54, 1.807) is 24.3 Å². The number of Topliss-reactive ketones (excluding diaryl/α,β-unsaturated/α-hetero) is 1. The molecule has 0 aliphatic carbocycles. The molecule has 2 aromatic carbocycles. The molecule has 3 rings (SSSR count). The number of ketones is 1. The summed E-state index contributed by atoms with van der Waals surface area (Å²) in [6.45, 7) is 0.594. The van der Waals surface area contributed by atoms with Crippen LogP contribution >= 0.6 is 11.6 Å². The van der Waals surface area contributed by atoms with Gasteiger partial charge in [-0.2, -0.15) is 0 Å². The number of carbonyl (C=O) groups is 2. The van der Waals surface area contributed by atoms with E-state index in [1.807, 2.05) is 0 Å². The van der Waals surface area contributed by atoms with E-state index in [4.69, 9.17) is 17.3 Å². The van der Waals surface area contributed by atoms with Crippen LogP contribution in [0.3, 0.4) is 0 Å². The van der Waals surface area contributed by atoms with E-state index in [0.29, 0.717) is 29.1 Å². The first kappa shape index (κ1) is 19.1. The topological polar surface area (TPSA) is 83.6 Å². The predicted octanol–water partition coefficient (Wildman–Crippen LogP) is 3.25. The number of amides is 1. The van der Waals surface area contributed by atoms with E-state index in [0.717, 1.165) is 0 Å². The van der Waals surface area contributed by atoms with Crippen molar-refractivity contribution in [3.8, 4) is 0 Å². The van der Waals surface area contributed by atoms with Gasteiger partial charge >= 0.3 is 0 Å². The second kappa shape index (κ2) is 7.90. The fraction of sp³-hybridized carbons (Fsp3) is 0.200. The molecule has 1 saturated heterocycles. The van der Waals surface area contributed by atoms with Crippen molar-refractivity contribution in [3.05, 3.63) is 76.1 Å². The largest absolute Gasteiger partial charge is 0.507 e. The van der Waals surface area contributed by atoms with E-state index < -0.39 is 23.5 Å². The Balaban J connectivity index is 2.14. The Morgan fingerprint density at radius 1 is 1.11 bits per heavy atom. The molecule has 0 radical (unpaired) electrons. The van der Waals surface area contributed by atoms with Crippen LogP contribution in [0.4, 0.5) is 4.39 Å². The second-order valence-electron chi connectivity index (χ2n) is 6.19. The summed E-state index contributed by atoms with van der Waals surface area (Å²) in [6.07, 6.45) is 0.492. The number of hydrogen-bond donors (Lipinski definition) is 2. The first-order chi connectivity index (χ1) is 12.9. The van der Waals surface area contributed by atoms with Crippen molar-refractivity contribution in [1.29, 1.82) is 0 Å². The third-order valence-electron chi connectivity index (χ3n) is 4.45. The fourth-order valence-corrected chi connectivity index (χ4v) is 3.25. The minimum absolute atomic E-state index is 0.0362. The zero-order valence-electron chi connectivity index (χ0n) is 14.4. The number of nitrogens with two attached hydrogens (primary N) is 1. The smallest absolute Gasteiger partial charge is 0.295 e. The summed E-state index contributed by atoms with van der Waals surface area (Å²) < 4.78 is 13.3. The van der Waals surface area contributed by atoms with Gasteiger partial charge in [-0.15, -0.1) is 0 Å². The molecule has 7 heteroatoms. The summed E-state index contributed by atoms with van der Waals surface area (Å²) in [5.41, 5.74) is 6.40. The van der Waals surface area contributed by atoms with Gasteiger partial charge in [0, 0.05) is 17.1 Å². The van der Waals surface area contributed by atoms with Crippen LogP contribution in [0.1, 0.15) is 23.6 Å². The van der Waals surface area contributed by atoms with E-state index in [1.165, 1.54) is 29.2 Å². The maximum Gasteiger partial charge on any atom is 0.295 e. The van der Waals surface area contributed by atoms with Crippen molar-refractivity contribution < 1.29 is 19.1 Å². The summed E-state index contributed by atoms with van der Waals surface area (Å²) in [5.74, 6) is -2.23. The van der Waals surface area contributed by atoms with Gasteiger partial charge in [0.2, 0.25) is 0 Å². The molecule has 1 atom stereocenters. The third kappa shape index (κ3) is 3.72. The standard InChI is InChI=1S/C20H18ClFN2O3/c21-14-6-2-13(3-7-14)18(25)16-17(12-4-8-15(22)9-5-12)24(11-1-10-23)20(27)19(16)26/h2-9,17,25H,1,10-11,23H2. The van der Waals surface area contributed by atoms with Crippen LogP contribution in [0, 0.1) is 5.82 Å². The van der Waals surface area contributed by atoms with Crippen LogP contribution in [0.5, 0.6) is 0 Å². The first-order valence-electron chi connectivity index (χ1n) is 8.44. The Morgan fingerprint density at radius 2 is 1.74 bits per heavy atom. The summed E-state index contributed by atoms with van der Waals surface area (Å²) in [6, 6.07) is 11.0. The van der Waals surface area contributed by atoms with Gasteiger partial charge in [0.05, 0.1) is 11.6 Å². The molecule has 0 aromatic heterocycles. The highest BCUT2D eigenvalue weighted by Crippen LogP contribution is 2.39. The van der Waals surface area contributed by atoms with E-state index in [2.05, 4.69) is 0 Å². The molecule has 5 nitrogen and oxygen atoms in total. The van der Waals surface area contributed by atoms with E-state index >= 15 is 0 Å². The lowest BCUT2D eigenvalue weighted by molar-refractivity contribution is -0.139. The highest BCUT2D eigenvalue weighted by atomic mass is 35.5. The molecule has 0 saturated carbocycles. The Labute approximate surface area is 160 Å². The zero-order chi connectivity index (χ0) is 19.6. The lowest BCUT2D eigenvalue weighted by Gasteiger charge is -2.25. The fourth-order valence-electron chi connectivity index (χ4n) is 3.13. The van der Waals surface area contributed by atoms with Gasteiger partial charge in [0.15, 0.2) is 0 Å². The lowest BCUT2D eigenvalue weighted by Crippen LogP contribution is -2.31. The molecule has 1 unspecified atom stereocenters.